The van der Waals surface area contributed by atoms with Gasteiger partial charge in [0, 0.05) is 4.88 Å². The zero-order valence-electron chi connectivity index (χ0n) is 7.61. The second-order valence-corrected chi connectivity index (χ2v) is 4.37. The second kappa shape index (κ2) is 2.95. The molecule has 0 bridgehead atoms. The molecule has 76 valence electrons. The number of rotatable bonds is 1. The third-order valence-electron chi connectivity index (χ3n) is 2.30. The van der Waals surface area contributed by atoms with Crippen LogP contribution in [0, 0.1) is 0 Å². The van der Waals surface area contributed by atoms with E-state index in [1.165, 1.54) is 17.6 Å². The first-order valence-electron chi connectivity index (χ1n) is 4.42. The summed E-state index contributed by atoms with van der Waals surface area (Å²) in [6.07, 6.45) is 1.50. The van der Waals surface area contributed by atoms with Gasteiger partial charge in [-0.15, -0.1) is 11.3 Å². The summed E-state index contributed by atoms with van der Waals surface area (Å²) in [7, 11) is 0. The van der Waals surface area contributed by atoms with E-state index in [0.29, 0.717) is 11.0 Å². The van der Waals surface area contributed by atoms with Gasteiger partial charge in [0.25, 0.3) is 5.56 Å². The van der Waals surface area contributed by atoms with Crippen LogP contribution in [0.15, 0.2) is 27.6 Å². The number of pyridine rings is 1. The zero-order valence-corrected chi connectivity index (χ0v) is 8.43. The van der Waals surface area contributed by atoms with Crippen LogP contribution in [0.2, 0.25) is 0 Å². The molecule has 0 saturated carbocycles. The highest BCUT2D eigenvalue weighted by atomic mass is 32.1. The highest BCUT2D eigenvalue weighted by Gasteiger charge is 2.10. The van der Waals surface area contributed by atoms with Gasteiger partial charge in [0.15, 0.2) is 5.58 Å². The van der Waals surface area contributed by atoms with Gasteiger partial charge in [-0.05, 0) is 12.1 Å². The molecule has 5 heteroatoms. The fourth-order valence-electron chi connectivity index (χ4n) is 1.64. The Hall–Kier alpha value is -1.59. The van der Waals surface area contributed by atoms with Crippen molar-refractivity contribution in [2.45, 2.75) is 6.61 Å². The van der Waals surface area contributed by atoms with Crippen molar-refractivity contribution in [2.24, 2.45) is 0 Å². The fraction of sp³-hybridized carbons (Fsp3) is 0.100. The maximum atomic E-state index is 11.6. The Bertz CT molecular complexity index is 691. The monoisotopic (exact) mass is 221 g/mol. The minimum atomic E-state index is -0.159. The maximum absolute atomic E-state index is 11.6. The number of hydrogen-bond donors (Lipinski definition) is 2. The van der Waals surface area contributed by atoms with Crippen molar-refractivity contribution >= 4 is 32.5 Å². The van der Waals surface area contributed by atoms with E-state index in [1.807, 2.05) is 0 Å². The average molecular weight is 221 g/mol. The summed E-state index contributed by atoms with van der Waals surface area (Å²) in [6, 6.07) is 3.41. The number of furan rings is 1. The first-order valence-corrected chi connectivity index (χ1v) is 5.24. The Morgan fingerprint density at radius 3 is 3.20 bits per heavy atom. The van der Waals surface area contributed by atoms with Gasteiger partial charge in [0.2, 0.25) is 0 Å². The number of thiophene rings is 1. The van der Waals surface area contributed by atoms with Crippen molar-refractivity contribution in [2.75, 3.05) is 0 Å². The summed E-state index contributed by atoms with van der Waals surface area (Å²) in [5.41, 5.74) is 1.16. The SMILES string of the molecule is O=c1[nH]c2cc(CO)sc2c2occc12. The van der Waals surface area contributed by atoms with Gasteiger partial charge in [-0.25, -0.2) is 0 Å². The van der Waals surface area contributed by atoms with Gasteiger partial charge < -0.3 is 14.5 Å². The summed E-state index contributed by atoms with van der Waals surface area (Å²) in [5.74, 6) is 0. The third kappa shape index (κ3) is 1.14. The summed E-state index contributed by atoms with van der Waals surface area (Å²) >= 11 is 1.43. The zero-order chi connectivity index (χ0) is 10.4. The molecule has 3 aromatic rings. The topological polar surface area (TPSA) is 66.2 Å². The maximum Gasteiger partial charge on any atom is 0.259 e. The first kappa shape index (κ1) is 8.70. The summed E-state index contributed by atoms with van der Waals surface area (Å²) in [5, 5.41) is 9.57. The van der Waals surface area contributed by atoms with E-state index < -0.39 is 0 Å². The molecule has 3 rings (SSSR count). The Balaban J connectivity index is 2.57. The predicted molar refractivity (Wildman–Crippen MR) is 58.1 cm³/mol. The van der Waals surface area contributed by atoms with Crippen molar-refractivity contribution in [3.05, 3.63) is 33.6 Å². The number of aliphatic hydroxyl groups excluding tert-OH is 1. The molecule has 0 aliphatic rings. The molecule has 2 N–H and O–H groups in total. The van der Waals surface area contributed by atoms with Crippen molar-refractivity contribution < 1.29 is 9.52 Å². The Kier molecular flexibility index (Phi) is 1.71. The Morgan fingerprint density at radius 1 is 1.53 bits per heavy atom. The molecule has 0 radical (unpaired) electrons. The molecule has 0 fully saturated rings. The van der Waals surface area contributed by atoms with Crippen molar-refractivity contribution in [3.63, 3.8) is 0 Å². The standard InChI is InChI=1S/C10H7NO3S/c12-4-5-3-7-9(15-5)8-6(1-2-14-8)10(13)11-7/h1-3,12H,4H2,(H,11,13). The van der Waals surface area contributed by atoms with Crippen LogP contribution in [0.1, 0.15) is 4.88 Å². The lowest BCUT2D eigenvalue weighted by atomic mass is 10.3. The minimum absolute atomic E-state index is 0.0242. The van der Waals surface area contributed by atoms with E-state index in [-0.39, 0.29) is 12.2 Å². The average Bonchev–Trinajstić information content (AvgIpc) is 2.80. The van der Waals surface area contributed by atoms with E-state index in [9.17, 15) is 4.79 Å². The molecule has 0 amide bonds. The van der Waals surface area contributed by atoms with E-state index >= 15 is 0 Å². The molecule has 0 unspecified atom stereocenters. The van der Waals surface area contributed by atoms with Crippen LogP contribution in [0.3, 0.4) is 0 Å². The Labute approximate surface area is 87.8 Å². The van der Waals surface area contributed by atoms with Crippen LogP contribution in [0.25, 0.3) is 21.2 Å². The van der Waals surface area contributed by atoms with Gasteiger partial charge >= 0.3 is 0 Å². The van der Waals surface area contributed by atoms with Crippen LogP contribution < -0.4 is 5.56 Å². The summed E-state index contributed by atoms with van der Waals surface area (Å²) in [6.45, 7) is -0.0242. The third-order valence-corrected chi connectivity index (χ3v) is 3.42. The van der Waals surface area contributed by atoms with Crippen LogP contribution in [-0.2, 0) is 6.61 Å². The molecule has 0 atom stereocenters. The lowest BCUT2D eigenvalue weighted by Gasteiger charge is -1.89. The quantitative estimate of drug-likeness (QED) is 0.658. The number of aliphatic hydroxyl groups is 1. The predicted octanol–water partition coefficient (Wildman–Crippen LogP) is 1.83. The first-order chi connectivity index (χ1) is 7.29. The van der Waals surface area contributed by atoms with Crippen LogP contribution >= 0.6 is 11.3 Å². The van der Waals surface area contributed by atoms with E-state index in [4.69, 9.17) is 9.52 Å². The second-order valence-electron chi connectivity index (χ2n) is 3.23. The number of nitrogens with one attached hydrogen (secondary N) is 1. The number of hydrogen-bond acceptors (Lipinski definition) is 4. The van der Waals surface area contributed by atoms with E-state index in [2.05, 4.69) is 4.98 Å². The van der Waals surface area contributed by atoms with Crippen LogP contribution in [0.5, 0.6) is 0 Å². The lowest BCUT2D eigenvalue weighted by molar-refractivity contribution is 0.285. The summed E-state index contributed by atoms with van der Waals surface area (Å²) < 4.78 is 6.15. The molecule has 4 nitrogen and oxygen atoms in total. The normalized spacial score (nSPS) is 11.5. The van der Waals surface area contributed by atoms with Gasteiger partial charge in [0.05, 0.1) is 28.5 Å². The molecule has 0 aliphatic heterocycles. The molecule has 15 heavy (non-hydrogen) atoms. The van der Waals surface area contributed by atoms with Crippen molar-refractivity contribution in [1.82, 2.24) is 4.98 Å². The molecule has 0 aromatic carbocycles. The minimum Gasteiger partial charge on any atom is -0.463 e. The highest BCUT2D eigenvalue weighted by Crippen LogP contribution is 2.29. The van der Waals surface area contributed by atoms with Crippen molar-refractivity contribution in [1.29, 1.82) is 0 Å². The fourth-order valence-corrected chi connectivity index (χ4v) is 2.61. The highest BCUT2D eigenvalue weighted by molar-refractivity contribution is 7.19. The van der Waals surface area contributed by atoms with Crippen molar-refractivity contribution in [3.8, 4) is 0 Å². The number of fused-ring (bicyclic) bond motifs is 3. The van der Waals surface area contributed by atoms with E-state index in [1.54, 1.807) is 12.1 Å². The van der Waals surface area contributed by atoms with Gasteiger partial charge in [-0.3, -0.25) is 4.79 Å². The molecular weight excluding hydrogens is 214 g/mol. The number of aromatic amines is 1. The molecule has 0 spiro atoms. The van der Waals surface area contributed by atoms with Crippen LogP contribution in [-0.4, -0.2) is 10.1 Å². The largest absolute Gasteiger partial charge is 0.463 e. The smallest absolute Gasteiger partial charge is 0.259 e. The van der Waals surface area contributed by atoms with E-state index in [0.717, 1.165) is 15.1 Å². The molecule has 3 heterocycles. The summed E-state index contributed by atoms with van der Waals surface area (Å²) in [4.78, 5) is 15.1. The Morgan fingerprint density at radius 2 is 2.40 bits per heavy atom. The van der Waals surface area contributed by atoms with Gasteiger partial charge in [-0.1, -0.05) is 0 Å². The number of H-pyrrole nitrogens is 1. The molecule has 3 aromatic heterocycles. The molecule has 0 aliphatic carbocycles. The molecular formula is C10H7NO3S. The lowest BCUT2D eigenvalue weighted by Crippen LogP contribution is -2.03. The van der Waals surface area contributed by atoms with Gasteiger partial charge in [-0.2, -0.15) is 0 Å². The van der Waals surface area contributed by atoms with Gasteiger partial charge in [0.1, 0.15) is 0 Å². The number of aromatic nitrogens is 1. The van der Waals surface area contributed by atoms with Crippen LogP contribution in [0.4, 0.5) is 0 Å². The molecule has 0 saturated heterocycles.